The minimum atomic E-state index is -0.292. The summed E-state index contributed by atoms with van der Waals surface area (Å²) in [6.45, 7) is 1.42. The van der Waals surface area contributed by atoms with E-state index in [0.29, 0.717) is 22.5 Å². The summed E-state index contributed by atoms with van der Waals surface area (Å²) in [4.78, 5) is 23.3. The summed E-state index contributed by atoms with van der Waals surface area (Å²) in [7, 11) is 0. The van der Waals surface area contributed by atoms with E-state index < -0.39 is 0 Å². The molecule has 140 valence electrons. The van der Waals surface area contributed by atoms with Gasteiger partial charge in [-0.1, -0.05) is 30.0 Å². The van der Waals surface area contributed by atoms with Crippen molar-refractivity contribution in [1.29, 1.82) is 5.26 Å². The molecule has 1 aromatic heterocycles. The Labute approximate surface area is 165 Å². The Morgan fingerprint density at radius 1 is 1.14 bits per heavy atom. The highest BCUT2D eigenvalue weighted by Gasteiger charge is 2.13. The van der Waals surface area contributed by atoms with Crippen molar-refractivity contribution in [1.82, 2.24) is 10.2 Å². The maximum absolute atomic E-state index is 12.1. The third kappa shape index (κ3) is 4.96. The first kappa shape index (κ1) is 19.1. The van der Waals surface area contributed by atoms with Gasteiger partial charge in [-0.15, -0.1) is 10.2 Å². The van der Waals surface area contributed by atoms with Crippen molar-refractivity contribution in [3.05, 3.63) is 54.1 Å². The molecule has 0 unspecified atom stereocenters. The van der Waals surface area contributed by atoms with E-state index in [2.05, 4.69) is 20.8 Å². The van der Waals surface area contributed by atoms with Gasteiger partial charge in [0.1, 0.15) is 6.07 Å². The molecule has 2 amide bonds. The van der Waals surface area contributed by atoms with Crippen molar-refractivity contribution < 1.29 is 14.0 Å². The number of amides is 2. The summed E-state index contributed by atoms with van der Waals surface area (Å²) in [6.07, 6.45) is 0. The van der Waals surface area contributed by atoms with Gasteiger partial charge in [0.25, 0.3) is 5.22 Å². The highest BCUT2D eigenvalue weighted by atomic mass is 32.2. The first-order valence-electron chi connectivity index (χ1n) is 8.18. The molecular weight excluding hydrogens is 378 g/mol. The maximum Gasteiger partial charge on any atom is 0.277 e. The number of benzene rings is 2. The highest BCUT2D eigenvalue weighted by Crippen LogP contribution is 2.25. The molecule has 0 saturated heterocycles. The number of hydrogen-bond donors (Lipinski definition) is 2. The molecule has 3 aromatic rings. The van der Waals surface area contributed by atoms with E-state index in [9.17, 15) is 9.59 Å². The molecular formula is C19H15N5O3S. The lowest BCUT2D eigenvalue weighted by atomic mass is 10.2. The number of aromatic nitrogens is 2. The van der Waals surface area contributed by atoms with E-state index in [0.717, 1.165) is 11.8 Å². The molecule has 1 heterocycles. The van der Waals surface area contributed by atoms with Crippen LogP contribution in [-0.2, 0) is 9.59 Å². The molecule has 0 aliphatic carbocycles. The second-order valence-electron chi connectivity index (χ2n) is 5.63. The summed E-state index contributed by atoms with van der Waals surface area (Å²) < 4.78 is 5.57. The standard InChI is InChI=1S/C19H15N5O3S/c1-12(25)21-15-7-4-6-13(9-15)18-23-24-19(27-18)28-11-17(26)22-16-8-3-2-5-14(16)10-20/h2-9H,11H2,1H3,(H,21,25)(H,22,26). The Bertz CT molecular complexity index is 1060. The predicted octanol–water partition coefficient (Wildman–Crippen LogP) is 3.30. The number of anilines is 2. The highest BCUT2D eigenvalue weighted by molar-refractivity contribution is 7.99. The Hall–Kier alpha value is -3.64. The van der Waals surface area contributed by atoms with E-state index in [4.69, 9.17) is 9.68 Å². The molecule has 2 N–H and O–H groups in total. The van der Waals surface area contributed by atoms with Gasteiger partial charge in [0, 0.05) is 18.2 Å². The number of para-hydroxylation sites is 1. The first-order chi connectivity index (χ1) is 13.5. The normalized spacial score (nSPS) is 10.1. The first-order valence-corrected chi connectivity index (χ1v) is 9.17. The Balaban J connectivity index is 1.61. The van der Waals surface area contributed by atoms with Crippen LogP contribution in [0.3, 0.4) is 0 Å². The quantitative estimate of drug-likeness (QED) is 0.616. The van der Waals surface area contributed by atoms with Gasteiger partial charge in [0.2, 0.25) is 17.7 Å². The average Bonchev–Trinajstić information content (AvgIpc) is 3.16. The molecule has 0 atom stereocenters. The van der Waals surface area contributed by atoms with Crippen LogP contribution in [0.4, 0.5) is 11.4 Å². The summed E-state index contributed by atoms with van der Waals surface area (Å²) in [5.41, 5.74) is 2.11. The monoisotopic (exact) mass is 393 g/mol. The fourth-order valence-electron chi connectivity index (χ4n) is 2.32. The Kier molecular flexibility index (Phi) is 6.04. The lowest BCUT2D eigenvalue weighted by molar-refractivity contribution is -0.114. The van der Waals surface area contributed by atoms with Crippen molar-refractivity contribution in [2.24, 2.45) is 0 Å². The van der Waals surface area contributed by atoms with Crippen molar-refractivity contribution in [2.75, 3.05) is 16.4 Å². The number of nitriles is 1. The van der Waals surface area contributed by atoms with Crippen molar-refractivity contribution in [3.8, 4) is 17.5 Å². The summed E-state index contributed by atoms with van der Waals surface area (Å²) in [5.74, 6) is -0.138. The van der Waals surface area contributed by atoms with Gasteiger partial charge in [0.05, 0.1) is 17.0 Å². The maximum atomic E-state index is 12.1. The number of carbonyl (C=O) groups excluding carboxylic acids is 2. The van der Waals surface area contributed by atoms with Gasteiger partial charge >= 0.3 is 0 Å². The minimum absolute atomic E-state index is 0.0489. The van der Waals surface area contributed by atoms with Crippen LogP contribution in [0.15, 0.2) is 58.2 Å². The Morgan fingerprint density at radius 2 is 1.96 bits per heavy atom. The van der Waals surface area contributed by atoms with Gasteiger partial charge in [-0.05, 0) is 30.3 Å². The topological polar surface area (TPSA) is 121 Å². The van der Waals surface area contributed by atoms with Gasteiger partial charge in [-0.3, -0.25) is 9.59 Å². The summed E-state index contributed by atoms with van der Waals surface area (Å²) in [5, 5.41) is 22.6. The van der Waals surface area contributed by atoms with Gasteiger partial charge in [-0.2, -0.15) is 5.26 Å². The number of nitrogens with zero attached hydrogens (tertiary/aromatic N) is 3. The SMILES string of the molecule is CC(=O)Nc1cccc(-c2nnc(SCC(=O)Nc3ccccc3C#N)o2)c1. The van der Waals surface area contributed by atoms with Crippen molar-refractivity contribution in [2.45, 2.75) is 12.1 Å². The average molecular weight is 393 g/mol. The van der Waals surface area contributed by atoms with E-state index in [1.54, 1.807) is 48.5 Å². The summed E-state index contributed by atoms with van der Waals surface area (Å²) >= 11 is 1.09. The molecule has 0 radical (unpaired) electrons. The molecule has 0 bridgehead atoms. The fraction of sp³-hybridized carbons (Fsp3) is 0.105. The molecule has 3 rings (SSSR count). The van der Waals surface area contributed by atoms with Gasteiger partial charge in [0.15, 0.2) is 0 Å². The smallest absolute Gasteiger partial charge is 0.277 e. The van der Waals surface area contributed by atoms with Gasteiger partial charge < -0.3 is 15.1 Å². The number of carbonyl (C=O) groups is 2. The fourth-order valence-corrected chi connectivity index (χ4v) is 2.88. The molecule has 0 fully saturated rings. The number of hydrogen-bond acceptors (Lipinski definition) is 7. The van der Waals surface area contributed by atoms with Gasteiger partial charge in [-0.25, -0.2) is 0 Å². The third-order valence-corrected chi connectivity index (χ3v) is 4.30. The van der Waals surface area contributed by atoms with E-state index >= 15 is 0 Å². The second kappa shape index (κ2) is 8.83. The van der Waals surface area contributed by atoms with Crippen LogP contribution in [0.5, 0.6) is 0 Å². The molecule has 0 saturated carbocycles. The zero-order valence-corrected chi connectivity index (χ0v) is 15.6. The number of nitrogens with one attached hydrogen (secondary N) is 2. The zero-order chi connectivity index (χ0) is 19.9. The Morgan fingerprint density at radius 3 is 2.75 bits per heavy atom. The molecule has 8 nitrogen and oxygen atoms in total. The summed E-state index contributed by atoms with van der Waals surface area (Å²) in [6, 6.07) is 15.8. The lowest BCUT2D eigenvalue weighted by Crippen LogP contribution is -2.14. The molecule has 2 aromatic carbocycles. The van der Waals surface area contributed by atoms with Crippen LogP contribution >= 0.6 is 11.8 Å². The van der Waals surface area contributed by atoms with Crippen LogP contribution in [0, 0.1) is 11.3 Å². The van der Waals surface area contributed by atoms with E-state index in [1.165, 1.54) is 6.92 Å². The second-order valence-corrected chi connectivity index (χ2v) is 6.56. The molecule has 28 heavy (non-hydrogen) atoms. The predicted molar refractivity (Wildman–Crippen MR) is 105 cm³/mol. The molecule has 0 aliphatic heterocycles. The van der Waals surface area contributed by atoms with Crippen LogP contribution in [0.25, 0.3) is 11.5 Å². The van der Waals surface area contributed by atoms with Crippen LogP contribution in [0.2, 0.25) is 0 Å². The molecule has 9 heteroatoms. The van der Waals surface area contributed by atoms with E-state index in [1.807, 2.05) is 6.07 Å². The number of thioether (sulfide) groups is 1. The molecule has 0 aliphatic rings. The van der Waals surface area contributed by atoms with Crippen LogP contribution in [0.1, 0.15) is 12.5 Å². The van der Waals surface area contributed by atoms with Crippen molar-refractivity contribution >= 4 is 35.0 Å². The third-order valence-electron chi connectivity index (χ3n) is 3.48. The molecule has 0 spiro atoms. The van der Waals surface area contributed by atoms with Crippen LogP contribution in [-0.4, -0.2) is 27.8 Å². The number of rotatable bonds is 6. The largest absolute Gasteiger partial charge is 0.411 e. The van der Waals surface area contributed by atoms with E-state index in [-0.39, 0.29) is 28.7 Å². The lowest BCUT2D eigenvalue weighted by Gasteiger charge is -2.05. The van der Waals surface area contributed by atoms with Crippen LogP contribution < -0.4 is 10.6 Å². The zero-order valence-electron chi connectivity index (χ0n) is 14.8. The minimum Gasteiger partial charge on any atom is -0.411 e. The van der Waals surface area contributed by atoms with Crippen molar-refractivity contribution in [3.63, 3.8) is 0 Å².